The highest BCUT2D eigenvalue weighted by atomic mass is 79.9. The number of carbonyl (C=O) groups is 2. The average molecular weight is 544 g/mol. The zero-order valence-corrected chi connectivity index (χ0v) is 20.4. The van der Waals surface area contributed by atoms with Crippen LogP contribution in [-0.2, 0) is 27.6 Å². The van der Waals surface area contributed by atoms with Gasteiger partial charge < -0.3 is 15.5 Å². The Balaban J connectivity index is 1.84. The Bertz CT molecular complexity index is 1040. The van der Waals surface area contributed by atoms with Crippen LogP contribution in [0.2, 0.25) is 0 Å². The minimum absolute atomic E-state index is 0.0867. The van der Waals surface area contributed by atoms with Gasteiger partial charge in [0.2, 0.25) is 11.8 Å². The van der Waals surface area contributed by atoms with Gasteiger partial charge in [0.1, 0.15) is 11.9 Å². The van der Waals surface area contributed by atoms with Crippen LogP contribution in [-0.4, -0.2) is 49.9 Å². The molecule has 1 atom stereocenters. The van der Waals surface area contributed by atoms with Gasteiger partial charge in [-0.1, -0.05) is 34.1 Å². The lowest BCUT2D eigenvalue weighted by Gasteiger charge is -2.27. The molecule has 1 fully saturated rings. The van der Waals surface area contributed by atoms with Crippen LogP contribution in [0.25, 0.3) is 0 Å². The molecule has 0 radical (unpaired) electrons. The van der Waals surface area contributed by atoms with Crippen LogP contribution >= 0.6 is 15.9 Å². The second-order valence-electron chi connectivity index (χ2n) is 8.49. The summed E-state index contributed by atoms with van der Waals surface area (Å²) in [6.45, 7) is 0.975. The van der Waals surface area contributed by atoms with E-state index in [4.69, 9.17) is 0 Å². The molecular formula is C24H26BrF4N3O2. The number of likely N-dealkylation sites (N-methyl/N-ethyl adjacent to an activating group) is 2. The minimum Gasteiger partial charge on any atom is -0.343 e. The first-order valence-electron chi connectivity index (χ1n) is 10.8. The average Bonchev–Trinajstić information content (AvgIpc) is 3.59. The summed E-state index contributed by atoms with van der Waals surface area (Å²) in [5.41, 5.74) is -1.67. The third-order valence-corrected chi connectivity index (χ3v) is 6.56. The molecule has 2 aromatic carbocycles. The van der Waals surface area contributed by atoms with Gasteiger partial charge in [-0.15, -0.1) is 0 Å². The van der Waals surface area contributed by atoms with E-state index in [1.54, 1.807) is 14.1 Å². The van der Waals surface area contributed by atoms with E-state index < -0.39 is 34.9 Å². The summed E-state index contributed by atoms with van der Waals surface area (Å²) in [5, 5.41) is 5.72. The first kappa shape index (κ1) is 26.2. The van der Waals surface area contributed by atoms with E-state index in [1.807, 2.05) is 24.3 Å². The molecule has 0 bridgehead atoms. The summed E-state index contributed by atoms with van der Waals surface area (Å²) in [5.74, 6) is -1.96. The van der Waals surface area contributed by atoms with Crippen LogP contribution in [0.15, 0.2) is 46.9 Å². The zero-order chi connectivity index (χ0) is 25.1. The van der Waals surface area contributed by atoms with Crippen molar-refractivity contribution < 1.29 is 27.2 Å². The number of halogens is 5. The molecule has 2 amide bonds. The van der Waals surface area contributed by atoms with Crippen molar-refractivity contribution in [3.8, 4) is 0 Å². The maximum Gasteiger partial charge on any atom is 0.416 e. The normalized spacial score (nSPS) is 15.5. The second-order valence-corrected chi connectivity index (χ2v) is 9.41. The molecule has 0 aromatic heterocycles. The molecular weight excluding hydrogens is 518 g/mol. The van der Waals surface area contributed by atoms with Gasteiger partial charge in [0.15, 0.2) is 0 Å². The van der Waals surface area contributed by atoms with Gasteiger partial charge in [-0.25, -0.2) is 4.39 Å². The van der Waals surface area contributed by atoms with Crippen molar-refractivity contribution in [3.63, 3.8) is 0 Å². The molecule has 0 unspecified atom stereocenters. The fraction of sp³-hybridized carbons (Fsp3) is 0.417. The fourth-order valence-corrected chi connectivity index (χ4v) is 4.10. The maximum atomic E-state index is 14.7. The fourth-order valence-electron chi connectivity index (χ4n) is 3.83. The number of nitrogens with one attached hydrogen (secondary N) is 2. The second kappa shape index (κ2) is 10.4. The Labute approximate surface area is 204 Å². The Kier molecular flexibility index (Phi) is 8.02. The van der Waals surface area contributed by atoms with Gasteiger partial charge in [0, 0.05) is 36.6 Å². The summed E-state index contributed by atoms with van der Waals surface area (Å²) < 4.78 is 54.3. The predicted octanol–water partition coefficient (Wildman–Crippen LogP) is 4.04. The Morgan fingerprint density at radius 3 is 2.32 bits per heavy atom. The SMILES string of the molecule is CNCCN(C)C(=O)[C@H](Cc1ccc(Br)cc1)NC(=O)C1(c2ccc(C(F)(F)F)cc2F)CC1. The largest absolute Gasteiger partial charge is 0.416 e. The molecule has 2 aromatic rings. The summed E-state index contributed by atoms with van der Waals surface area (Å²) in [7, 11) is 3.39. The van der Waals surface area contributed by atoms with E-state index in [1.165, 1.54) is 4.90 Å². The quantitative estimate of drug-likeness (QED) is 0.469. The van der Waals surface area contributed by atoms with E-state index in [0.29, 0.717) is 19.2 Å². The van der Waals surface area contributed by atoms with Crippen molar-refractivity contribution in [2.24, 2.45) is 0 Å². The van der Waals surface area contributed by atoms with Crippen LogP contribution in [0.5, 0.6) is 0 Å². The molecule has 1 saturated carbocycles. The molecule has 0 heterocycles. The number of nitrogens with zero attached hydrogens (tertiary/aromatic N) is 1. The number of rotatable bonds is 9. The van der Waals surface area contributed by atoms with Crippen molar-refractivity contribution in [2.75, 3.05) is 27.2 Å². The predicted molar refractivity (Wildman–Crippen MR) is 124 cm³/mol. The molecule has 34 heavy (non-hydrogen) atoms. The van der Waals surface area contributed by atoms with Crippen molar-refractivity contribution >= 4 is 27.7 Å². The summed E-state index contributed by atoms with van der Waals surface area (Å²) in [6, 6.07) is 8.60. The van der Waals surface area contributed by atoms with Gasteiger partial charge in [-0.05, 0) is 49.7 Å². The number of amides is 2. The highest BCUT2D eigenvalue weighted by Gasteiger charge is 2.53. The molecule has 1 aliphatic rings. The molecule has 0 aliphatic heterocycles. The lowest BCUT2D eigenvalue weighted by molar-refractivity contribution is -0.138. The lowest BCUT2D eigenvalue weighted by atomic mass is 9.92. The van der Waals surface area contributed by atoms with Crippen molar-refractivity contribution in [1.29, 1.82) is 0 Å². The number of hydrogen-bond donors (Lipinski definition) is 2. The van der Waals surface area contributed by atoms with Crippen LogP contribution in [0.1, 0.15) is 29.5 Å². The monoisotopic (exact) mass is 543 g/mol. The Morgan fingerprint density at radius 1 is 1.15 bits per heavy atom. The van der Waals surface area contributed by atoms with E-state index in [-0.39, 0.29) is 30.7 Å². The Morgan fingerprint density at radius 2 is 1.79 bits per heavy atom. The molecule has 2 N–H and O–H groups in total. The molecule has 0 spiro atoms. The highest BCUT2D eigenvalue weighted by Crippen LogP contribution is 2.50. The third kappa shape index (κ3) is 5.96. The van der Waals surface area contributed by atoms with Crippen molar-refractivity contribution in [3.05, 3.63) is 69.4 Å². The summed E-state index contributed by atoms with van der Waals surface area (Å²) in [4.78, 5) is 27.9. The number of carbonyl (C=O) groups excluding carboxylic acids is 2. The maximum absolute atomic E-state index is 14.7. The highest BCUT2D eigenvalue weighted by molar-refractivity contribution is 9.10. The van der Waals surface area contributed by atoms with Crippen molar-refractivity contribution in [2.45, 2.75) is 36.9 Å². The van der Waals surface area contributed by atoms with Gasteiger partial charge in [-0.3, -0.25) is 9.59 Å². The first-order valence-corrected chi connectivity index (χ1v) is 11.6. The molecule has 0 saturated heterocycles. The molecule has 10 heteroatoms. The van der Waals surface area contributed by atoms with Gasteiger partial charge >= 0.3 is 6.18 Å². The number of alkyl halides is 3. The lowest BCUT2D eigenvalue weighted by Crippen LogP contribution is -2.52. The number of benzene rings is 2. The van der Waals surface area contributed by atoms with Crippen LogP contribution < -0.4 is 10.6 Å². The van der Waals surface area contributed by atoms with E-state index >= 15 is 0 Å². The molecule has 3 rings (SSSR count). The summed E-state index contributed by atoms with van der Waals surface area (Å²) >= 11 is 3.36. The van der Waals surface area contributed by atoms with E-state index in [0.717, 1.165) is 22.2 Å². The van der Waals surface area contributed by atoms with E-state index in [2.05, 4.69) is 26.6 Å². The third-order valence-electron chi connectivity index (χ3n) is 6.03. The minimum atomic E-state index is -4.68. The number of hydrogen-bond acceptors (Lipinski definition) is 3. The standard InChI is InChI=1S/C24H26BrF4N3O2/c1-30-11-12-32(2)21(33)20(13-15-3-6-17(25)7-4-15)31-22(34)23(9-10-23)18-8-5-16(14-19(18)26)24(27,28)29/h3-8,14,20,30H,9-13H2,1-2H3,(H,31,34)/t20-/m0/s1. The molecule has 5 nitrogen and oxygen atoms in total. The van der Waals surface area contributed by atoms with Gasteiger partial charge in [0.05, 0.1) is 11.0 Å². The smallest absolute Gasteiger partial charge is 0.343 e. The van der Waals surface area contributed by atoms with Crippen molar-refractivity contribution in [1.82, 2.24) is 15.5 Å². The zero-order valence-electron chi connectivity index (χ0n) is 18.8. The molecule has 184 valence electrons. The van der Waals surface area contributed by atoms with Crippen LogP contribution in [0.3, 0.4) is 0 Å². The summed E-state index contributed by atoms with van der Waals surface area (Å²) in [6.07, 6.45) is -3.89. The molecule has 1 aliphatic carbocycles. The Hall–Kier alpha value is -2.46. The van der Waals surface area contributed by atoms with E-state index in [9.17, 15) is 27.2 Å². The first-order chi connectivity index (χ1) is 16.0. The topological polar surface area (TPSA) is 61.4 Å². The van der Waals surface area contributed by atoms with Gasteiger partial charge in [0.25, 0.3) is 0 Å². The van der Waals surface area contributed by atoms with Crippen LogP contribution in [0, 0.1) is 5.82 Å². The van der Waals surface area contributed by atoms with Crippen LogP contribution in [0.4, 0.5) is 17.6 Å². The van der Waals surface area contributed by atoms with Gasteiger partial charge in [-0.2, -0.15) is 13.2 Å².